The van der Waals surface area contributed by atoms with Crippen LogP contribution in [0.2, 0.25) is 0 Å². The number of rotatable bonds is 3. The standard InChI is InChI=1S/C11H9N7O/c19-11(9-3-4-14-17-9)16-10-2-1-8(5-13-10)18-7-12-6-15-18/h1-7H,(H,14,17)(H,13,16,19). The third-order valence-corrected chi connectivity index (χ3v) is 2.42. The molecule has 3 aromatic heterocycles. The molecule has 3 aromatic rings. The SMILES string of the molecule is O=C(Nc1ccc(-n2cncn2)cn1)c1ccn[nH]1. The second-order valence-electron chi connectivity index (χ2n) is 3.67. The van der Waals surface area contributed by atoms with Crippen molar-refractivity contribution in [1.29, 1.82) is 0 Å². The van der Waals surface area contributed by atoms with E-state index in [-0.39, 0.29) is 5.91 Å². The van der Waals surface area contributed by atoms with Crippen molar-refractivity contribution in [2.24, 2.45) is 0 Å². The molecule has 19 heavy (non-hydrogen) atoms. The summed E-state index contributed by atoms with van der Waals surface area (Å²) in [4.78, 5) is 19.7. The van der Waals surface area contributed by atoms with Crippen LogP contribution in [0.15, 0.2) is 43.2 Å². The van der Waals surface area contributed by atoms with Crippen molar-refractivity contribution in [2.45, 2.75) is 0 Å². The zero-order valence-electron chi connectivity index (χ0n) is 9.69. The summed E-state index contributed by atoms with van der Waals surface area (Å²) in [6.45, 7) is 0. The van der Waals surface area contributed by atoms with E-state index in [4.69, 9.17) is 0 Å². The molecule has 0 aliphatic rings. The fraction of sp³-hybridized carbons (Fsp3) is 0. The van der Waals surface area contributed by atoms with Gasteiger partial charge in [0.2, 0.25) is 0 Å². The zero-order chi connectivity index (χ0) is 13.1. The second-order valence-corrected chi connectivity index (χ2v) is 3.67. The van der Waals surface area contributed by atoms with Gasteiger partial charge in [-0.15, -0.1) is 0 Å². The Kier molecular flexibility index (Phi) is 2.73. The number of pyridine rings is 1. The number of carbonyl (C=O) groups is 1. The minimum Gasteiger partial charge on any atom is -0.305 e. The molecule has 8 nitrogen and oxygen atoms in total. The van der Waals surface area contributed by atoms with E-state index in [9.17, 15) is 4.79 Å². The first-order chi connectivity index (χ1) is 9.33. The molecule has 2 N–H and O–H groups in total. The van der Waals surface area contributed by atoms with Crippen molar-refractivity contribution in [3.8, 4) is 5.69 Å². The fourth-order valence-corrected chi connectivity index (χ4v) is 1.50. The molecule has 0 saturated carbocycles. The smallest absolute Gasteiger partial charge is 0.274 e. The summed E-state index contributed by atoms with van der Waals surface area (Å²) < 4.78 is 1.58. The minimum atomic E-state index is -0.293. The molecule has 3 heterocycles. The molecule has 0 radical (unpaired) electrons. The number of hydrogen-bond acceptors (Lipinski definition) is 5. The molecular weight excluding hydrogens is 246 g/mol. The highest BCUT2D eigenvalue weighted by molar-refractivity contribution is 6.02. The Labute approximate surface area is 107 Å². The lowest BCUT2D eigenvalue weighted by atomic mass is 10.3. The number of amides is 1. The lowest BCUT2D eigenvalue weighted by Crippen LogP contribution is -2.13. The number of nitrogens with zero attached hydrogens (tertiary/aromatic N) is 5. The molecule has 0 atom stereocenters. The van der Waals surface area contributed by atoms with Gasteiger partial charge in [0.05, 0.1) is 11.9 Å². The van der Waals surface area contributed by atoms with Crippen LogP contribution >= 0.6 is 0 Å². The molecular formula is C11H9N7O. The van der Waals surface area contributed by atoms with Crippen LogP contribution in [0, 0.1) is 0 Å². The fourth-order valence-electron chi connectivity index (χ4n) is 1.50. The largest absolute Gasteiger partial charge is 0.305 e. The summed E-state index contributed by atoms with van der Waals surface area (Å²) >= 11 is 0. The van der Waals surface area contributed by atoms with Crippen LogP contribution in [0.1, 0.15) is 10.5 Å². The normalized spacial score (nSPS) is 10.3. The van der Waals surface area contributed by atoms with E-state index in [0.717, 1.165) is 5.69 Å². The lowest BCUT2D eigenvalue weighted by molar-refractivity contribution is 0.102. The average Bonchev–Trinajstić information content (AvgIpc) is 3.13. The van der Waals surface area contributed by atoms with E-state index in [0.29, 0.717) is 11.5 Å². The van der Waals surface area contributed by atoms with E-state index in [1.165, 1.54) is 12.5 Å². The first-order valence-corrected chi connectivity index (χ1v) is 5.45. The molecule has 0 fully saturated rings. The molecule has 0 aromatic carbocycles. The van der Waals surface area contributed by atoms with Gasteiger partial charge in [-0.1, -0.05) is 0 Å². The maximum absolute atomic E-state index is 11.7. The highest BCUT2D eigenvalue weighted by Gasteiger charge is 2.07. The van der Waals surface area contributed by atoms with E-state index in [1.54, 1.807) is 35.4 Å². The van der Waals surface area contributed by atoms with Crippen molar-refractivity contribution >= 4 is 11.7 Å². The second kappa shape index (κ2) is 4.69. The molecule has 0 bridgehead atoms. The molecule has 8 heteroatoms. The van der Waals surface area contributed by atoms with Crippen LogP contribution in [-0.4, -0.2) is 35.9 Å². The van der Waals surface area contributed by atoms with Gasteiger partial charge in [-0.25, -0.2) is 14.6 Å². The Morgan fingerprint density at radius 2 is 2.26 bits per heavy atom. The van der Waals surface area contributed by atoms with Crippen LogP contribution in [0.3, 0.4) is 0 Å². The predicted molar refractivity (Wildman–Crippen MR) is 65.7 cm³/mol. The van der Waals surface area contributed by atoms with Crippen LogP contribution < -0.4 is 5.32 Å². The van der Waals surface area contributed by atoms with E-state index < -0.39 is 0 Å². The maximum atomic E-state index is 11.7. The highest BCUT2D eigenvalue weighted by Crippen LogP contribution is 2.09. The van der Waals surface area contributed by atoms with Gasteiger partial charge in [0.15, 0.2) is 0 Å². The predicted octanol–water partition coefficient (Wildman–Crippen LogP) is 0.638. The molecule has 0 aliphatic heterocycles. The number of hydrogen-bond donors (Lipinski definition) is 2. The number of H-pyrrole nitrogens is 1. The summed E-state index contributed by atoms with van der Waals surface area (Å²) in [6, 6.07) is 5.05. The summed E-state index contributed by atoms with van der Waals surface area (Å²) in [7, 11) is 0. The average molecular weight is 255 g/mol. The number of aromatic amines is 1. The van der Waals surface area contributed by atoms with Crippen molar-refractivity contribution in [3.63, 3.8) is 0 Å². The summed E-state index contributed by atoms with van der Waals surface area (Å²) in [5.74, 6) is 0.155. The Hall–Kier alpha value is -3.03. The molecule has 94 valence electrons. The molecule has 0 aliphatic carbocycles. The van der Waals surface area contributed by atoms with Crippen molar-refractivity contribution in [2.75, 3.05) is 5.32 Å². The number of anilines is 1. The van der Waals surface area contributed by atoms with Gasteiger partial charge in [-0.3, -0.25) is 9.89 Å². The molecule has 0 unspecified atom stereocenters. The van der Waals surface area contributed by atoms with E-state index in [2.05, 4.69) is 30.6 Å². The number of carbonyl (C=O) groups excluding carboxylic acids is 1. The Morgan fingerprint density at radius 3 is 2.89 bits per heavy atom. The van der Waals surface area contributed by atoms with Crippen molar-refractivity contribution in [3.05, 3.63) is 48.9 Å². The topological polar surface area (TPSA) is 101 Å². The first kappa shape index (κ1) is 11.1. The number of aromatic nitrogens is 6. The van der Waals surface area contributed by atoms with Crippen molar-refractivity contribution < 1.29 is 4.79 Å². The lowest BCUT2D eigenvalue weighted by Gasteiger charge is -2.04. The third-order valence-electron chi connectivity index (χ3n) is 2.42. The molecule has 0 spiro atoms. The zero-order valence-corrected chi connectivity index (χ0v) is 9.69. The van der Waals surface area contributed by atoms with Crippen molar-refractivity contribution in [1.82, 2.24) is 29.9 Å². The van der Waals surface area contributed by atoms with Crippen LogP contribution in [0.25, 0.3) is 5.69 Å². The van der Waals surface area contributed by atoms with Crippen LogP contribution in [-0.2, 0) is 0 Å². The summed E-state index contributed by atoms with van der Waals surface area (Å²) in [5, 5.41) is 12.9. The molecule has 1 amide bonds. The Morgan fingerprint density at radius 1 is 1.32 bits per heavy atom. The van der Waals surface area contributed by atoms with Gasteiger partial charge in [-0.2, -0.15) is 10.2 Å². The summed E-state index contributed by atoms with van der Waals surface area (Å²) in [6.07, 6.45) is 6.11. The van der Waals surface area contributed by atoms with E-state index >= 15 is 0 Å². The molecule has 3 rings (SSSR count). The van der Waals surface area contributed by atoms with Gasteiger partial charge in [0, 0.05) is 6.20 Å². The van der Waals surface area contributed by atoms with Gasteiger partial charge in [0.25, 0.3) is 5.91 Å². The maximum Gasteiger partial charge on any atom is 0.274 e. The third kappa shape index (κ3) is 2.32. The first-order valence-electron chi connectivity index (χ1n) is 5.45. The molecule has 0 saturated heterocycles. The Balaban J connectivity index is 1.75. The van der Waals surface area contributed by atoms with Gasteiger partial charge >= 0.3 is 0 Å². The summed E-state index contributed by atoms with van der Waals surface area (Å²) in [5.41, 5.74) is 1.14. The Bertz CT molecular complexity index is 658. The highest BCUT2D eigenvalue weighted by atomic mass is 16.2. The van der Waals surface area contributed by atoms with Crippen LogP contribution in [0.4, 0.5) is 5.82 Å². The monoisotopic (exact) mass is 255 g/mol. The van der Waals surface area contributed by atoms with Gasteiger partial charge in [-0.05, 0) is 18.2 Å². The van der Waals surface area contributed by atoms with Crippen LogP contribution in [0.5, 0.6) is 0 Å². The number of nitrogens with one attached hydrogen (secondary N) is 2. The van der Waals surface area contributed by atoms with Gasteiger partial charge < -0.3 is 5.32 Å². The minimum absolute atomic E-state index is 0.293. The van der Waals surface area contributed by atoms with Gasteiger partial charge in [0.1, 0.15) is 24.2 Å². The van der Waals surface area contributed by atoms with E-state index in [1.807, 2.05) is 0 Å². The quantitative estimate of drug-likeness (QED) is 0.715.